The first-order valence-corrected chi connectivity index (χ1v) is 5.66. The molecule has 15 heavy (non-hydrogen) atoms. The van der Waals surface area contributed by atoms with Gasteiger partial charge in [0.05, 0.1) is 6.10 Å². The lowest BCUT2D eigenvalue weighted by molar-refractivity contribution is 0.0623. The number of hydrogen-bond donors (Lipinski definition) is 1. The summed E-state index contributed by atoms with van der Waals surface area (Å²) in [5.41, 5.74) is 0.554. The molecule has 1 N–H and O–H groups in total. The molecule has 1 saturated carbocycles. The van der Waals surface area contributed by atoms with E-state index in [9.17, 15) is 9.50 Å². The number of aliphatic hydroxyl groups excluding tert-OH is 1. The summed E-state index contributed by atoms with van der Waals surface area (Å²) < 4.78 is 13.4. The molecule has 1 nitrogen and oxygen atoms in total. The zero-order valence-corrected chi connectivity index (χ0v) is 9.17. The molecule has 1 fully saturated rings. The number of aliphatic hydroxyl groups is 1. The average molecular weight is 229 g/mol. The van der Waals surface area contributed by atoms with Gasteiger partial charge in [-0.2, -0.15) is 0 Å². The number of benzene rings is 1. The minimum Gasteiger partial charge on any atom is -0.392 e. The lowest BCUT2D eigenvalue weighted by Crippen LogP contribution is -2.28. The smallest absolute Gasteiger partial charge is 0.127 e. The maximum atomic E-state index is 13.4. The summed E-state index contributed by atoms with van der Waals surface area (Å²) in [6, 6.07) is 4.61. The molecule has 0 aromatic heterocycles. The molecule has 1 atom stereocenters. The fourth-order valence-electron chi connectivity index (χ4n) is 1.90. The number of halogens is 2. The van der Waals surface area contributed by atoms with Crippen LogP contribution in [0, 0.1) is 11.7 Å². The molecule has 0 bridgehead atoms. The summed E-state index contributed by atoms with van der Waals surface area (Å²) in [5, 5.41) is 10.2. The van der Waals surface area contributed by atoms with E-state index in [-0.39, 0.29) is 5.82 Å². The molecule has 1 aromatic carbocycles. The summed E-state index contributed by atoms with van der Waals surface area (Å²) in [7, 11) is 0. The highest BCUT2D eigenvalue weighted by atomic mass is 35.5. The van der Waals surface area contributed by atoms with Gasteiger partial charge in [-0.25, -0.2) is 4.39 Å². The molecule has 0 spiro atoms. The second-order valence-corrected chi connectivity index (χ2v) is 4.63. The summed E-state index contributed by atoms with van der Waals surface area (Å²) in [5.74, 6) is 0.0425. The quantitative estimate of drug-likeness (QED) is 0.843. The molecule has 82 valence electrons. The van der Waals surface area contributed by atoms with Gasteiger partial charge in [0.1, 0.15) is 5.82 Å². The van der Waals surface area contributed by atoms with Crippen molar-refractivity contribution < 1.29 is 9.50 Å². The monoisotopic (exact) mass is 228 g/mol. The molecule has 1 aromatic rings. The normalized spacial score (nSPS) is 18.6. The lowest BCUT2D eigenvalue weighted by atomic mass is 9.79. The molecule has 0 amide bonds. The van der Waals surface area contributed by atoms with Crippen molar-refractivity contribution in [2.24, 2.45) is 5.92 Å². The van der Waals surface area contributed by atoms with E-state index in [1.165, 1.54) is 12.5 Å². The van der Waals surface area contributed by atoms with Crippen LogP contribution in [0.4, 0.5) is 4.39 Å². The minimum absolute atomic E-state index is 0.319. The highest BCUT2D eigenvalue weighted by Gasteiger charge is 2.26. The van der Waals surface area contributed by atoms with Crippen molar-refractivity contribution >= 4 is 11.6 Å². The summed E-state index contributed by atoms with van der Waals surface area (Å²) in [4.78, 5) is 0. The van der Waals surface area contributed by atoms with Gasteiger partial charge in [-0.3, -0.25) is 0 Å². The predicted octanol–water partition coefficient (Wildman–Crippen LogP) is 3.18. The van der Waals surface area contributed by atoms with Crippen LogP contribution in [0.1, 0.15) is 24.8 Å². The van der Waals surface area contributed by atoms with Crippen molar-refractivity contribution in [3.05, 3.63) is 34.6 Å². The summed E-state index contributed by atoms with van der Waals surface area (Å²) >= 11 is 5.65. The Labute approximate surface area is 93.9 Å². The summed E-state index contributed by atoms with van der Waals surface area (Å²) in [6.07, 6.45) is 3.31. The molecule has 0 heterocycles. The summed E-state index contributed by atoms with van der Waals surface area (Å²) in [6.45, 7) is 0. The standard InChI is InChI=1S/C12H14ClFO/c13-10-5-4-9(11(14)7-10)6-12(15)8-2-1-3-8/h4-5,7-8,12,15H,1-3,6H2. The SMILES string of the molecule is OC(Cc1ccc(Cl)cc1F)C1CCC1. The zero-order chi connectivity index (χ0) is 10.8. The van der Waals surface area contributed by atoms with Gasteiger partial charge in [-0.05, 0) is 36.5 Å². The van der Waals surface area contributed by atoms with Crippen LogP contribution in [0.5, 0.6) is 0 Å². The van der Waals surface area contributed by atoms with E-state index in [1.807, 2.05) is 0 Å². The number of rotatable bonds is 3. The van der Waals surface area contributed by atoms with Crippen LogP contribution in [-0.2, 0) is 6.42 Å². The zero-order valence-electron chi connectivity index (χ0n) is 8.42. The van der Waals surface area contributed by atoms with Gasteiger partial charge in [-0.15, -0.1) is 0 Å². The highest BCUT2D eigenvalue weighted by molar-refractivity contribution is 6.30. The molecular formula is C12H14ClFO. The topological polar surface area (TPSA) is 20.2 Å². The number of hydrogen-bond acceptors (Lipinski definition) is 1. The second kappa shape index (κ2) is 4.50. The van der Waals surface area contributed by atoms with Gasteiger partial charge >= 0.3 is 0 Å². The van der Waals surface area contributed by atoms with E-state index in [0.717, 1.165) is 12.8 Å². The van der Waals surface area contributed by atoms with Crippen LogP contribution in [-0.4, -0.2) is 11.2 Å². The molecule has 0 aliphatic heterocycles. The molecule has 0 saturated heterocycles. The van der Waals surface area contributed by atoms with Crippen molar-refractivity contribution in [1.82, 2.24) is 0 Å². The molecule has 0 radical (unpaired) electrons. The van der Waals surface area contributed by atoms with Crippen LogP contribution in [0.3, 0.4) is 0 Å². The Balaban J connectivity index is 2.03. The van der Waals surface area contributed by atoms with Gasteiger partial charge in [-0.1, -0.05) is 24.1 Å². The van der Waals surface area contributed by atoms with Crippen LogP contribution < -0.4 is 0 Å². The van der Waals surface area contributed by atoms with Crippen molar-refractivity contribution in [3.63, 3.8) is 0 Å². The Hall–Kier alpha value is -0.600. The third-order valence-corrected chi connectivity index (χ3v) is 3.37. The molecule has 1 aliphatic rings. The van der Waals surface area contributed by atoms with E-state index >= 15 is 0 Å². The van der Waals surface area contributed by atoms with Crippen molar-refractivity contribution in [2.75, 3.05) is 0 Å². The Morgan fingerprint density at radius 1 is 1.47 bits per heavy atom. The molecule has 3 heteroatoms. The lowest BCUT2D eigenvalue weighted by Gasteiger charge is -2.30. The average Bonchev–Trinajstić information content (AvgIpc) is 2.07. The van der Waals surface area contributed by atoms with Gasteiger partial charge in [0.25, 0.3) is 0 Å². The van der Waals surface area contributed by atoms with Gasteiger partial charge in [0.15, 0.2) is 0 Å². The largest absolute Gasteiger partial charge is 0.392 e. The maximum Gasteiger partial charge on any atom is 0.127 e. The molecule has 1 unspecified atom stereocenters. The van der Waals surface area contributed by atoms with E-state index < -0.39 is 6.10 Å². The first-order valence-electron chi connectivity index (χ1n) is 5.29. The maximum absolute atomic E-state index is 13.4. The fraction of sp³-hybridized carbons (Fsp3) is 0.500. The third kappa shape index (κ3) is 2.50. The van der Waals surface area contributed by atoms with Crippen LogP contribution in [0.15, 0.2) is 18.2 Å². The predicted molar refractivity (Wildman–Crippen MR) is 58.5 cm³/mol. The Morgan fingerprint density at radius 3 is 2.73 bits per heavy atom. The molecule has 2 rings (SSSR count). The first kappa shape index (κ1) is 10.9. The minimum atomic E-state index is -0.408. The van der Waals surface area contributed by atoms with Crippen molar-refractivity contribution in [1.29, 1.82) is 0 Å². The van der Waals surface area contributed by atoms with E-state index in [2.05, 4.69) is 0 Å². The Bertz CT molecular complexity index is 349. The van der Waals surface area contributed by atoms with Gasteiger partial charge < -0.3 is 5.11 Å². The van der Waals surface area contributed by atoms with Crippen molar-refractivity contribution in [2.45, 2.75) is 31.8 Å². The Morgan fingerprint density at radius 2 is 2.20 bits per heavy atom. The fourth-order valence-corrected chi connectivity index (χ4v) is 2.06. The Kier molecular flexibility index (Phi) is 3.27. The van der Waals surface area contributed by atoms with Crippen LogP contribution in [0.2, 0.25) is 5.02 Å². The molecular weight excluding hydrogens is 215 g/mol. The van der Waals surface area contributed by atoms with E-state index in [1.54, 1.807) is 12.1 Å². The van der Waals surface area contributed by atoms with Gasteiger partial charge in [0, 0.05) is 11.4 Å². The first-order chi connectivity index (χ1) is 7.16. The van der Waals surface area contributed by atoms with Crippen molar-refractivity contribution in [3.8, 4) is 0 Å². The second-order valence-electron chi connectivity index (χ2n) is 4.20. The third-order valence-electron chi connectivity index (χ3n) is 3.14. The van der Waals surface area contributed by atoms with E-state index in [4.69, 9.17) is 11.6 Å². The van der Waals surface area contributed by atoms with Crippen LogP contribution >= 0.6 is 11.6 Å². The van der Waals surface area contributed by atoms with Gasteiger partial charge in [0.2, 0.25) is 0 Å². The van der Waals surface area contributed by atoms with Crippen LogP contribution in [0.25, 0.3) is 0 Å². The highest BCUT2D eigenvalue weighted by Crippen LogP contribution is 2.31. The van der Waals surface area contributed by atoms with E-state index in [0.29, 0.717) is 22.9 Å². The molecule has 1 aliphatic carbocycles.